The molecule has 0 aliphatic carbocycles. The van der Waals surface area contributed by atoms with Crippen molar-refractivity contribution in [2.24, 2.45) is 4.99 Å². The first-order valence-corrected chi connectivity index (χ1v) is 7.52. The van der Waals surface area contributed by atoms with Crippen LogP contribution in [0.3, 0.4) is 0 Å². The molecule has 1 fully saturated rings. The summed E-state index contributed by atoms with van der Waals surface area (Å²) >= 11 is 6.20. The monoisotopic (exact) mass is 423 g/mol. The summed E-state index contributed by atoms with van der Waals surface area (Å²) < 4.78 is 0. The Kier molecular flexibility index (Phi) is 8.10. The largest absolute Gasteiger partial charge is 0.357 e. The highest BCUT2D eigenvalue weighted by molar-refractivity contribution is 14.0. The van der Waals surface area contributed by atoms with Gasteiger partial charge < -0.3 is 15.5 Å². The van der Waals surface area contributed by atoms with E-state index >= 15 is 0 Å². The van der Waals surface area contributed by atoms with Gasteiger partial charge in [0.15, 0.2) is 5.96 Å². The normalized spacial score (nSPS) is 18.3. The molecule has 21 heavy (non-hydrogen) atoms. The van der Waals surface area contributed by atoms with Gasteiger partial charge in [0.25, 0.3) is 0 Å². The predicted molar refractivity (Wildman–Crippen MR) is 100 cm³/mol. The van der Waals surface area contributed by atoms with Gasteiger partial charge in [-0.3, -0.25) is 4.99 Å². The van der Waals surface area contributed by atoms with Crippen LogP contribution in [-0.2, 0) is 0 Å². The van der Waals surface area contributed by atoms with Gasteiger partial charge in [0.05, 0.1) is 5.02 Å². The van der Waals surface area contributed by atoms with E-state index in [1.54, 1.807) is 6.20 Å². The van der Waals surface area contributed by atoms with Crippen molar-refractivity contribution in [2.75, 3.05) is 31.1 Å². The Hall–Kier alpha value is -0.760. The highest BCUT2D eigenvalue weighted by Gasteiger charge is 2.25. The first-order chi connectivity index (χ1) is 9.74. The van der Waals surface area contributed by atoms with Crippen molar-refractivity contribution in [1.82, 2.24) is 15.6 Å². The smallest absolute Gasteiger partial charge is 0.191 e. The molecule has 1 aromatic rings. The van der Waals surface area contributed by atoms with Crippen molar-refractivity contribution in [3.05, 3.63) is 23.4 Å². The van der Waals surface area contributed by atoms with Crippen molar-refractivity contribution < 1.29 is 0 Å². The van der Waals surface area contributed by atoms with E-state index in [0.29, 0.717) is 11.1 Å². The summed E-state index contributed by atoms with van der Waals surface area (Å²) in [5, 5.41) is 7.43. The second-order valence-electron chi connectivity index (χ2n) is 4.74. The van der Waals surface area contributed by atoms with E-state index in [1.165, 1.54) is 0 Å². The van der Waals surface area contributed by atoms with Crippen LogP contribution in [0.4, 0.5) is 5.82 Å². The van der Waals surface area contributed by atoms with E-state index in [9.17, 15) is 0 Å². The fourth-order valence-corrected chi connectivity index (χ4v) is 2.59. The molecule has 1 saturated heterocycles. The third kappa shape index (κ3) is 5.18. The van der Waals surface area contributed by atoms with Crippen LogP contribution in [0, 0.1) is 0 Å². The fraction of sp³-hybridized carbons (Fsp3) is 0.571. The van der Waals surface area contributed by atoms with Crippen LogP contribution in [0.25, 0.3) is 0 Å². The van der Waals surface area contributed by atoms with Gasteiger partial charge in [-0.2, -0.15) is 0 Å². The summed E-state index contributed by atoms with van der Waals surface area (Å²) in [4.78, 5) is 11.0. The number of nitrogens with one attached hydrogen (secondary N) is 2. The van der Waals surface area contributed by atoms with Gasteiger partial charge in [-0.25, -0.2) is 4.98 Å². The number of pyridine rings is 1. The summed E-state index contributed by atoms with van der Waals surface area (Å²) in [6.45, 7) is 7.60. The van der Waals surface area contributed by atoms with Crippen LogP contribution in [-0.4, -0.2) is 43.2 Å². The molecule has 5 nitrogen and oxygen atoms in total. The topological polar surface area (TPSA) is 52.6 Å². The molecule has 0 bridgehead atoms. The molecule has 1 unspecified atom stereocenters. The van der Waals surface area contributed by atoms with Crippen LogP contribution in [0.1, 0.15) is 20.3 Å². The van der Waals surface area contributed by atoms with Crippen LogP contribution in [0.5, 0.6) is 0 Å². The van der Waals surface area contributed by atoms with Gasteiger partial charge in [-0.05, 0) is 32.4 Å². The molecule has 2 rings (SSSR count). The SMILES string of the molecule is CCN=C(NCC)NC1CCN(c2ncccc2Cl)C1.I. The number of hydrogen-bond acceptors (Lipinski definition) is 3. The van der Waals surface area contributed by atoms with Crippen LogP contribution < -0.4 is 15.5 Å². The Balaban J connectivity index is 0.00000220. The molecule has 0 spiro atoms. The first-order valence-electron chi connectivity index (χ1n) is 7.14. The summed E-state index contributed by atoms with van der Waals surface area (Å²) in [5.74, 6) is 1.75. The highest BCUT2D eigenvalue weighted by Crippen LogP contribution is 2.25. The van der Waals surface area contributed by atoms with Crippen molar-refractivity contribution >= 4 is 47.4 Å². The number of guanidine groups is 1. The van der Waals surface area contributed by atoms with Gasteiger partial charge in [0, 0.05) is 38.4 Å². The molecule has 2 heterocycles. The van der Waals surface area contributed by atoms with Gasteiger partial charge >= 0.3 is 0 Å². The fourth-order valence-electron chi connectivity index (χ4n) is 2.35. The zero-order chi connectivity index (χ0) is 14.4. The Morgan fingerprint density at radius 3 is 3.00 bits per heavy atom. The van der Waals surface area contributed by atoms with Crippen molar-refractivity contribution in [2.45, 2.75) is 26.3 Å². The van der Waals surface area contributed by atoms with Crippen molar-refractivity contribution in [3.8, 4) is 0 Å². The average Bonchev–Trinajstić information content (AvgIpc) is 2.88. The predicted octanol–water partition coefficient (Wildman–Crippen LogP) is 2.51. The van der Waals surface area contributed by atoms with Gasteiger partial charge in [0.2, 0.25) is 0 Å². The summed E-state index contributed by atoms with van der Waals surface area (Å²) in [6, 6.07) is 4.11. The maximum absolute atomic E-state index is 6.20. The number of halogens is 2. The maximum atomic E-state index is 6.20. The lowest BCUT2D eigenvalue weighted by molar-refractivity contribution is 0.650. The zero-order valence-corrected chi connectivity index (χ0v) is 15.6. The molecule has 2 N–H and O–H groups in total. The van der Waals surface area contributed by atoms with Crippen LogP contribution >= 0.6 is 35.6 Å². The number of anilines is 1. The Labute approximate surface area is 148 Å². The number of rotatable bonds is 4. The average molecular weight is 424 g/mol. The lowest BCUT2D eigenvalue weighted by Crippen LogP contribution is -2.44. The molecule has 0 radical (unpaired) electrons. The highest BCUT2D eigenvalue weighted by atomic mass is 127. The molecule has 0 amide bonds. The molecular formula is C14H23ClIN5. The zero-order valence-electron chi connectivity index (χ0n) is 12.5. The summed E-state index contributed by atoms with van der Waals surface area (Å²) in [6.07, 6.45) is 2.84. The molecule has 0 aromatic carbocycles. The second-order valence-corrected chi connectivity index (χ2v) is 5.15. The Morgan fingerprint density at radius 1 is 1.52 bits per heavy atom. The summed E-state index contributed by atoms with van der Waals surface area (Å²) in [7, 11) is 0. The van der Waals surface area contributed by atoms with Crippen LogP contribution in [0.15, 0.2) is 23.3 Å². The summed E-state index contributed by atoms with van der Waals surface area (Å²) in [5.41, 5.74) is 0. The van der Waals surface area contributed by atoms with Crippen molar-refractivity contribution in [3.63, 3.8) is 0 Å². The molecule has 7 heteroatoms. The van der Waals surface area contributed by atoms with E-state index in [1.807, 2.05) is 19.1 Å². The van der Waals surface area contributed by atoms with Crippen molar-refractivity contribution in [1.29, 1.82) is 0 Å². The minimum Gasteiger partial charge on any atom is -0.357 e. The standard InChI is InChI=1S/C14H22ClN5.HI/c1-3-16-14(17-4-2)19-11-7-9-20(10-11)13-12(15)6-5-8-18-13;/h5-6,8,11H,3-4,7,9-10H2,1-2H3,(H2,16,17,19);1H. The van der Waals surface area contributed by atoms with E-state index in [2.05, 4.69) is 32.4 Å². The molecular weight excluding hydrogens is 401 g/mol. The Morgan fingerprint density at radius 2 is 2.33 bits per heavy atom. The molecule has 1 atom stereocenters. The van der Waals surface area contributed by atoms with Gasteiger partial charge in [0.1, 0.15) is 5.82 Å². The van der Waals surface area contributed by atoms with Gasteiger partial charge in [-0.1, -0.05) is 11.6 Å². The quantitative estimate of drug-likeness (QED) is 0.444. The van der Waals surface area contributed by atoms with Crippen LogP contribution in [0.2, 0.25) is 5.02 Å². The van der Waals surface area contributed by atoms with E-state index in [0.717, 1.165) is 44.4 Å². The second kappa shape index (κ2) is 9.30. The van der Waals surface area contributed by atoms with E-state index in [4.69, 9.17) is 11.6 Å². The molecule has 1 aliphatic heterocycles. The van der Waals surface area contributed by atoms with E-state index in [-0.39, 0.29) is 24.0 Å². The third-order valence-electron chi connectivity index (χ3n) is 3.23. The minimum atomic E-state index is 0. The maximum Gasteiger partial charge on any atom is 0.191 e. The molecule has 118 valence electrons. The lowest BCUT2D eigenvalue weighted by Gasteiger charge is -2.20. The third-order valence-corrected chi connectivity index (χ3v) is 3.52. The molecule has 1 aromatic heterocycles. The lowest BCUT2D eigenvalue weighted by atomic mass is 10.3. The minimum absolute atomic E-state index is 0. The number of aromatic nitrogens is 1. The first kappa shape index (κ1) is 18.3. The number of aliphatic imine (C=N–C) groups is 1. The number of hydrogen-bond donors (Lipinski definition) is 2. The number of nitrogens with zero attached hydrogens (tertiary/aromatic N) is 3. The molecule has 1 aliphatic rings. The Bertz CT molecular complexity index is 468. The van der Waals surface area contributed by atoms with E-state index < -0.39 is 0 Å². The van der Waals surface area contributed by atoms with Gasteiger partial charge in [-0.15, -0.1) is 24.0 Å². The molecule has 0 saturated carbocycles.